The largest absolute Gasteiger partial charge is 0.441 e. The standard InChI is InChI=1S/C19H22Cl2N2O2/c1-2-14-5-3-4-10-23(14)19(24)9-8-18-22-12-17(25-18)15-7-6-13(20)11-16(15)21/h6-7,11-12,14H,2-5,8-10H2,1H3. The highest BCUT2D eigenvalue weighted by Crippen LogP contribution is 2.31. The van der Waals surface area contributed by atoms with Crippen molar-refractivity contribution in [3.8, 4) is 11.3 Å². The summed E-state index contributed by atoms with van der Waals surface area (Å²) in [5, 5.41) is 1.09. The van der Waals surface area contributed by atoms with Gasteiger partial charge in [-0.2, -0.15) is 0 Å². The first-order valence-corrected chi connectivity index (χ1v) is 9.53. The molecule has 2 heterocycles. The number of aromatic nitrogens is 1. The molecule has 1 aromatic heterocycles. The molecule has 0 bridgehead atoms. The second-order valence-corrected chi connectivity index (χ2v) is 7.23. The SMILES string of the molecule is CCC1CCCCN1C(=O)CCc1ncc(-c2ccc(Cl)cc2Cl)o1. The third-order valence-electron chi connectivity index (χ3n) is 4.72. The third kappa shape index (κ3) is 4.36. The van der Waals surface area contributed by atoms with Gasteiger partial charge in [0.05, 0.1) is 11.2 Å². The molecule has 0 aliphatic carbocycles. The Morgan fingerprint density at radius 2 is 2.20 bits per heavy atom. The van der Waals surface area contributed by atoms with Crippen LogP contribution in [-0.4, -0.2) is 28.4 Å². The average molecular weight is 381 g/mol. The summed E-state index contributed by atoms with van der Waals surface area (Å²) in [7, 11) is 0. The fraction of sp³-hybridized carbons (Fsp3) is 0.474. The number of rotatable bonds is 5. The van der Waals surface area contributed by atoms with Crippen molar-refractivity contribution in [2.45, 2.75) is 51.5 Å². The molecule has 1 unspecified atom stereocenters. The number of carbonyl (C=O) groups is 1. The molecule has 6 heteroatoms. The van der Waals surface area contributed by atoms with Crippen LogP contribution >= 0.6 is 23.2 Å². The summed E-state index contributed by atoms with van der Waals surface area (Å²) in [6.45, 7) is 3.01. The number of likely N-dealkylation sites (tertiary alicyclic amines) is 1. The van der Waals surface area contributed by atoms with Gasteiger partial charge >= 0.3 is 0 Å². The maximum Gasteiger partial charge on any atom is 0.223 e. The maximum absolute atomic E-state index is 12.5. The highest BCUT2D eigenvalue weighted by atomic mass is 35.5. The molecule has 1 aromatic carbocycles. The van der Waals surface area contributed by atoms with Crippen LogP contribution in [0.15, 0.2) is 28.8 Å². The Kier molecular flexibility index (Phi) is 6.02. The lowest BCUT2D eigenvalue weighted by Gasteiger charge is -2.35. The summed E-state index contributed by atoms with van der Waals surface area (Å²) in [5.41, 5.74) is 0.748. The normalized spacial score (nSPS) is 17.7. The van der Waals surface area contributed by atoms with E-state index >= 15 is 0 Å². The Labute approximate surface area is 158 Å². The molecule has 1 amide bonds. The van der Waals surface area contributed by atoms with Crippen molar-refractivity contribution in [3.63, 3.8) is 0 Å². The van der Waals surface area contributed by atoms with Crippen molar-refractivity contribution >= 4 is 29.1 Å². The van der Waals surface area contributed by atoms with Crippen molar-refractivity contribution in [1.82, 2.24) is 9.88 Å². The molecule has 1 aliphatic rings. The minimum Gasteiger partial charge on any atom is -0.441 e. The van der Waals surface area contributed by atoms with Gasteiger partial charge in [-0.25, -0.2) is 4.98 Å². The number of nitrogens with zero attached hydrogens (tertiary/aromatic N) is 2. The molecule has 0 radical (unpaired) electrons. The lowest BCUT2D eigenvalue weighted by Crippen LogP contribution is -2.43. The van der Waals surface area contributed by atoms with Gasteiger partial charge < -0.3 is 9.32 Å². The van der Waals surface area contributed by atoms with Crippen molar-refractivity contribution in [2.24, 2.45) is 0 Å². The van der Waals surface area contributed by atoms with Gasteiger partial charge in [0.1, 0.15) is 0 Å². The Bertz CT molecular complexity index is 745. The summed E-state index contributed by atoms with van der Waals surface area (Å²) in [6, 6.07) is 5.62. The average Bonchev–Trinajstić information content (AvgIpc) is 3.08. The fourth-order valence-corrected chi connectivity index (χ4v) is 3.85. The number of aryl methyl sites for hydroxylation is 1. The van der Waals surface area contributed by atoms with Crippen molar-refractivity contribution in [1.29, 1.82) is 0 Å². The van der Waals surface area contributed by atoms with Crippen LogP contribution < -0.4 is 0 Å². The van der Waals surface area contributed by atoms with Crippen LogP contribution in [-0.2, 0) is 11.2 Å². The van der Waals surface area contributed by atoms with Gasteiger partial charge in [-0.3, -0.25) is 4.79 Å². The first-order chi connectivity index (χ1) is 12.1. The molecule has 1 atom stereocenters. The number of halogens is 2. The molecule has 25 heavy (non-hydrogen) atoms. The summed E-state index contributed by atoms with van der Waals surface area (Å²) < 4.78 is 5.77. The van der Waals surface area contributed by atoms with Crippen LogP contribution in [0, 0.1) is 0 Å². The Morgan fingerprint density at radius 3 is 2.96 bits per heavy atom. The minimum atomic E-state index is 0.191. The quantitative estimate of drug-likeness (QED) is 0.699. The van der Waals surface area contributed by atoms with E-state index in [-0.39, 0.29) is 5.91 Å². The van der Waals surface area contributed by atoms with Crippen molar-refractivity contribution in [3.05, 3.63) is 40.3 Å². The highest BCUT2D eigenvalue weighted by molar-refractivity contribution is 6.36. The van der Waals surface area contributed by atoms with Crippen LogP contribution in [0.3, 0.4) is 0 Å². The molecule has 0 spiro atoms. The van der Waals surface area contributed by atoms with E-state index < -0.39 is 0 Å². The van der Waals surface area contributed by atoms with Crippen LogP contribution in [0.1, 0.15) is 44.9 Å². The summed E-state index contributed by atoms with van der Waals surface area (Å²) in [5.74, 6) is 1.34. The van der Waals surface area contributed by atoms with E-state index in [1.54, 1.807) is 24.4 Å². The van der Waals surface area contributed by atoms with Crippen molar-refractivity contribution in [2.75, 3.05) is 6.54 Å². The number of hydrogen-bond donors (Lipinski definition) is 0. The van der Waals surface area contributed by atoms with Crippen molar-refractivity contribution < 1.29 is 9.21 Å². The minimum absolute atomic E-state index is 0.191. The zero-order chi connectivity index (χ0) is 17.8. The predicted octanol–water partition coefficient (Wildman–Crippen LogP) is 5.37. The molecular formula is C19H22Cl2N2O2. The monoisotopic (exact) mass is 380 g/mol. The number of amides is 1. The van der Waals surface area contributed by atoms with Gasteiger partial charge in [-0.15, -0.1) is 0 Å². The van der Waals surface area contributed by atoms with Crippen LogP contribution in [0.25, 0.3) is 11.3 Å². The fourth-order valence-electron chi connectivity index (χ4n) is 3.35. The lowest BCUT2D eigenvalue weighted by molar-refractivity contribution is -0.135. The molecule has 4 nitrogen and oxygen atoms in total. The highest BCUT2D eigenvalue weighted by Gasteiger charge is 2.25. The predicted molar refractivity (Wildman–Crippen MR) is 99.9 cm³/mol. The van der Waals surface area contributed by atoms with Gasteiger partial charge in [0.2, 0.25) is 5.91 Å². The van der Waals surface area contributed by atoms with Crippen LogP contribution in [0.4, 0.5) is 0 Å². The first-order valence-electron chi connectivity index (χ1n) is 8.78. The third-order valence-corrected chi connectivity index (χ3v) is 5.27. The molecule has 1 fully saturated rings. The Morgan fingerprint density at radius 1 is 1.36 bits per heavy atom. The van der Waals surface area contributed by atoms with E-state index in [1.807, 2.05) is 4.90 Å². The Balaban J connectivity index is 1.62. The Hall–Kier alpha value is -1.52. The van der Waals surface area contributed by atoms with Gasteiger partial charge in [0, 0.05) is 36.0 Å². The van der Waals surface area contributed by atoms with Crippen LogP contribution in [0.2, 0.25) is 10.0 Å². The number of carbonyl (C=O) groups excluding carboxylic acids is 1. The van der Waals surface area contributed by atoms with E-state index in [0.717, 1.165) is 31.4 Å². The van der Waals surface area contributed by atoms with E-state index in [9.17, 15) is 4.79 Å². The number of hydrogen-bond acceptors (Lipinski definition) is 3. The molecule has 134 valence electrons. The van der Waals surface area contributed by atoms with Gasteiger partial charge in [0.15, 0.2) is 11.7 Å². The van der Waals surface area contributed by atoms with Gasteiger partial charge in [-0.1, -0.05) is 30.1 Å². The second-order valence-electron chi connectivity index (χ2n) is 6.39. The van der Waals surface area contributed by atoms with E-state index in [4.69, 9.17) is 27.6 Å². The molecular weight excluding hydrogens is 359 g/mol. The van der Waals surface area contributed by atoms with E-state index in [0.29, 0.717) is 40.6 Å². The smallest absolute Gasteiger partial charge is 0.223 e. The topological polar surface area (TPSA) is 46.3 Å². The molecule has 1 aliphatic heterocycles. The van der Waals surface area contributed by atoms with Crippen LogP contribution in [0.5, 0.6) is 0 Å². The van der Waals surface area contributed by atoms with Gasteiger partial charge in [-0.05, 0) is 43.9 Å². The van der Waals surface area contributed by atoms with Gasteiger partial charge in [0.25, 0.3) is 0 Å². The molecule has 2 aromatic rings. The summed E-state index contributed by atoms with van der Waals surface area (Å²) in [4.78, 5) is 18.8. The van der Waals surface area contributed by atoms with E-state index in [2.05, 4.69) is 11.9 Å². The summed E-state index contributed by atoms with van der Waals surface area (Å²) in [6.07, 6.45) is 7.00. The molecule has 0 saturated carbocycles. The molecule has 3 rings (SSSR count). The zero-order valence-corrected chi connectivity index (χ0v) is 15.8. The number of piperidine rings is 1. The molecule has 1 saturated heterocycles. The first kappa shape index (κ1) is 18.3. The van der Waals surface area contributed by atoms with E-state index in [1.165, 1.54) is 6.42 Å². The zero-order valence-electron chi connectivity index (χ0n) is 14.3. The molecule has 0 N–H and O–H groups in total. The second kappa shape index (κ2) is 8.24. The number of oxazole rings is 1. The summed E-state index contributed by atoms with van der Waals surface area (Å²) >= 11 is 12.1. The number of benzene rings is 1. The maximum atomic E-state index is 12.5. The lowest BCUT2D eigenvalue weighted by atomic mass is 9.99.